The van der Waals surface area contributed by atoms with Gasteiger partial charge < -0.3 is 4.90 Å². The van der Waals surface area contributed by atoms with Gasteiger partial charge in [0.1, 0.15) is 0 Å². The molecular weight excluding hydrogens is 302 g/mol. The fourth-order valence-corrected chi connectivity index (χ4v) is 3.89. The molecule has 4 nitrogen and oxygen atoms in total. The molecule has 1 saturated heterocycles. The highest BCUT2D eigenvalue weighted by Gasteiger charge is 2.21. The van der Waals surface area contributed by atoms with E-state index in [0.717, 1.165) is 54.7 Å². The molecule has 0 unspecified atom stereocenters. The molecule has 0 atom stereocenters. The van der Waals surface area contributed by atoms with Crippen molar-refractivity contribution in [2.75, 3.05) is 26.2 Å². The minimum absolute atomic E-state index is 0.177. The molecule has 6 heteroatoms. The second-order valence-corrected chi connectivity index (χ2v) is 7.27. The van der Waals surface area contributed by atoms with Crippen LogP contribution in [0.5, 0.6) is 0 Å². The van der Waals surface area contributed by atoms with E-state index < -0.39 is 0 Å². The number of aryl methyl sites for hydroxylation is 1. The monoisotopic (exact) mass is 321 g/mol. The van der Waals surface area contributed by atoms with Crippen LogP contribution >= 0.6 is 22.7 Å². The van der Waals surface area contributed by atoms with Crippen molar-refractivity contribution in [2.24, 2.45) is 0 Å². The smallest absolute Gasteiger partial charge is 0.263 e. The molecule has 2 aromatic heterocycles. The number of amides is 1. The van der Waals surface area contributed by atoms with E-state index >= 15 is 0 Å². The maximum absolute atomic E-state index is 12.4. The molecule has 1 aliphatic heterocycles. The third-order valence-electron chi connectivity index (χ3n) is 3.66. The van der Waals surface area contributed by atoms with Crippen LogP contribution < -0.4 is 0 Å². The van der Waals surface area contributed by atoms with Crippen LogP contribution in [-0.4, -0.2) is 46.9 Å². The zero-order chi connectivity index (χ0) is 14.7. The first-order valence-corrected chi connectivity index (χ1v) is 8.94. The number of aromatic nitrogens is 1. The van der Waals surface area contributed by atoms with Crippen LogP contribution in [0.15, 0.2) is 22.9 Å². The van der Waals surface area contributed by atoms with Gasteiger partial charge in [-0.2, -0.15) is 0 Å². The summed E-state index contributed by atoms with van der Waals surface area (Å²) in [5, 5.41) is 5.21. The largest absolute Gasteiger partial charge is 0.337 e. The van der Waals surface area contributed by atoms with Crippen molar-refractivity contribution in [1.29, 1.82) is 0 Å². The van der Waals surface area contributed by atoms with Crippen LogP contribution in [0, 0.1) is 6.92 Å². The predicted molar refractivity (Wildman–Crippen MR) is 87.0 cm³/mol. The first-order valence-electron chi connectivity index (χ1n) is 7.18. The molecule has 0 N–H and O–H groups in total. The number of carbonyl (C=O) groups excluding carboxylic acids is 1. The highest BCUT2D eigenvalue weighted by molar-refractivity contribution is 7.12. The number of hydrogen-bond acceptors (Lipinski definition) is 5. The second-order valence-electron chi connectivity index (χ2n) is 5.26. The van der Waals surface area contributed by atoms with E-state index in [2.05, 4.69) is 15.3 Å². The Bertz CT molecular complexity index is 594. The highest BCUT2D eigenvalue weighted by atomic mass is 32.1. The first kappa shape index (κ1) is 14.7. The molecule has 1 aliphatic rings. The van der Waals surface area contributed by atoms with Gasteiger partial charge in [0.05, 0.1) is 15.6 Å². The number of nitrogens with zero attached hydrogens (tertiary/aromatic N) is 3. The van der Waals surface area contributed by atoms with Crippen LogP contribution in [0.1, 0.15) is 26.8 Å². The van der Waals surface area contributed by atoms with Crippen molar-refractivity contribution >= 4 is 28.6 Å². The van der Waals surface area contributed by atoms with Crippen molar-refractivity contribution < 1.29 is 4.79 Å². The Morgan fingerprint density at radius 2 is 2.19 bits per heavy atom. The molecule has 3 rings (SSSR count). The number of thiophene rings is 1. The second kappa shape index (κ2) is 6.68. The lowest BCUT2D eigenvalue weighted by Gasteiger charge is -2.21. The van der Waals surface area contributed by atoms with Crippen molar-refractivity contribution in [3.8, 4) is 0 Å². The molecule has 0 saturated carbocycles. The zero-order valence-electron chi connectivity index (χ0n) is 12.1. The summed E-state index contributed by atoms with van der Waals surface area (Å²) in [6.07, 6.45) is 1.03. The van der Waals surface area contributed by atoms with Gasteiger partial charge in [0.25, 0.3) is 5.91 Å². The minimum Gasteiger partial charge on any atom is -0.337 e. The van der Waals surface area contributed by atoms with Crippen molar-refractivity contribution in [2.45, 2.75) is 19.9 Å². The third kappa shape index (κ3) is 3.70. The van der Waals surface area contributed by atoms with Gasteiger partial charge in [-0.25, -0.2) is 4.98 Å². The van der Waals surface area contributed by atoms with Crippen LogP contribution in [0.3, 0.4) is 0 Å². The lowest BCUT2D eigenvalue weighted by Crippen LogP contribution is -2.34. The lowest BCUT2D eigenvalue weighted by atomic mass is 10.3. The fourth-order valence-electron chi connectivity index (χ4n) is 2.60. The molecular formula is C15H19N3OS2. The third-order valence-corrected chi connectivity index (χ3v) is 5.34. The molecule has 3 heterocycles. The van der Waals surface area contributed by atoms with E-state index in [1.165, 1.54) is 11.3 Å². The Hall–Kier alpha value is -1.24. The van der Waals surface area contributed by atoms with Crippen LogP contribution in [-0.2, 0) is 6.54 Å². The van der Waals surface area contributed by atoms with Crippen molar-refractivity contribution in [3.63, 3.8) is 0 Å². The van der Waals surface area contributed by atoms with E-state index in [4.69, 9.17) is 0 Å². The molecule has 0 aliphatic carbocycles. The van der Waals surface area contributed by atoms with Crippen molar-refractivity contribution in [1.82, 2.24) is 14.8 Å². The Labute approximate surface area is 133 Å². The summed E-state index contributed by atoms with van der Waals surface area (Å²) in [5.41, 5.74) is 1.15. The quantitative estimate of drug-likeness (QED) is 0.872. The standard InChI is InChI=1S/C15H19N3OS2/c1-12-16-13(11-21-12)10-17-5-3-6-18(8-7-17)15(19)14-4-2-9-20-14/h2,4,9,11H,3,5-8,10H2,1H3. The van der Waals surface area contributed by atoms with Gasteiger partial charge in [0, 0.05) is 38.1 Å². The summed E-state index contributed by atoms with van der Waals surface area (Å²) < 4.78 is 0. The van der Waals surface area contributed by atoms with Gasteiger partial charge in [0.15, 0.2) is 0 Å². The summed E-state index contributed by atoms with van der Waals surface area (Å²) in [7, 11) is 0. The van der Waals surface area contributed by atoms with Crippen molar-refractivity contribution in [3.05, 3.63) is 38.5 Å². The lowest BCUT2D eigenvalue weighted by molar-refractivity contribution is 0.0766. The Morgan fingerprint density at radius 3 is 2.90 bits per heavy atom. The number of carbonyl (C=O) groups is 1. The molecule has 2 aromatic rings. The van der Waals surface area contributed by atoms with Gasteiger partial charge >= 0.3 is 0 Å². The molecule has 0 aromatic carbocycles. The van der Waals surface area contributed by atoms with E-state index in [-0.39, 0.29) is 5.91 Å². The first-order chi connectivity index (χ1) is 10.2. The van der Waals surface area contributed by atoms with E-state index in [0.29, 0.717) is 0 Å². The average molecular weight is 321 g/mol. The minimum atomic E-state index is 0.177. The molecule has 0 radical (unpaired) electrons. The average Bonchev–Trinajstić information content (AvgIpc) is 3.08. The van der Waals surface area contributed by atoms with Gasteiger partial charge in [-0.1, -0.05) is 6.07 Å². The summed E-state index contributed by atoms with van der Waals surface area (Å²) in [6, 6.07) is 3.85. The zero-order valence-corrected chi connectivity index (χ0v) is 13.8. The maximum Gasteiger partial charge on any atom is 0.263 e. The Balaban J connectivity index is 1.58. The molecule has 112 valence electrons. The molecule has 1 fully saturated rings. The highest BCUT2D eigenvalue weighted by Crippen LogP contribution is 2.16. The SMILES string of the molecule is Cc1nc(CN2CCCN(C(=O)c3cccs3)CC2)cs1. The van der Waals surface area contributed by atoms with E-state index in [9.17, 15) is 4.79 Å². The van der Waals surface area contributed by atoms with E-state index in [1.807, 2.05) is 29.3 Å². The van der Waals surface area contributed by atoms with Crippen LogP contribution in [0.2, 0.25) is 0 Å². The topological polar surface area (TPSA) is 36.4 Å². The summed E-state index contributed by atoms with van der Waals surface area (Å²) >= 11 is 3.23. The van der Waals surface area contributed by atoms with Gasteiger partial charge in [-0.15, -0.1) is 22.7 Å². The molecule has 1 amide bonds. The maximum atomic E-state index is 12.4. The number of rotatable bonds is 3. The van der Waals surface area contributed by atoms with E-state index in [1.54, 1.807) is 11.3 Å². The van der Waals surface area contributed by atoms with Crippen LogP contribution in [0.25, 0.3) is 0 Å². The predicted octanol–water partition coefficient (Wildman–Crippen LogP) is 2.86. The fraction of sp³-hybridized carbons (Fsp3) is 0.467. The summed E-state index contributed by atoms with van der Waals surface area (Å²) in [5.74, 6) is 0.177. The summed E-state index contributed by atoms with van der Waals surface area (Å²) in [4.78, 5) is 22.1. The van der Waals surface area contributed by atoms with Gasteiger partial charge in [-0.3, -0.25) is 9.69 Å². The normalized spacial score (nSPS) is 16.9. The molecule has 21 heavy (non-hydrogen) atoms. The number of thiazole rings is 1. The molecule has 0 spiro atoms. The van der Waals surface area contributed by atoms with Gasteiger partial charge in [0.2, 0.25) is 0 Å². The van der Waals surface area contributed by atoms with Gasteiger partial charge in [-0.05, 0) is 24.8 Å². The molecule has 0 bridgehead atoms. The number of hydrogen-bond donors (Lipinski definition) is 0. The Morgan fingerprint density at radius 1 is 1.29 bits per heavy atom. The van der Waals surface area contributed by atoms with Crippen LogP contribution in [0.4, 0.5) is 0 Å². The summed E-state index contributed by atoms with van der Waals surface area (Å²) in [6.45, 7) is 6.55. The Kier molecular flexibility index (Phi) is 4.67.